The van der Waals surface area contributed by atoms with E-state index in [0.29, 0.717) is 59.2 Å². The maximum atomic E-state index is 5.08. The van der Waals surface area contributed by atoms with Crippen LogP contribution in [-0.4, -0.2) is 60.7 Å². The first-order valence-corrected chi connectivity index (χ1v) is 37.3. The summed E-state index contributed by atoms with van der Waals surface area (Å²) in [5.74, 6) is 8.74. The molecule has 10 aromatic heterocycles. The second-order valence-corrected chi connectivity index (χ2v) is 30.9. The van der Waals surface area contributed by atoms with E-state index in [1.54, 1.807) is 39.1 Å². The Bertz CT molecular complexity index is 2670. The molecule has 0 aliphatic heterocycles. The molecule has 0 saturated carbocycles. The predicted molar refractivity (Wildman–Crippen MR) is 372 cm³/mol. The molecule has 0 aliphatic carbocycles. The summed E-state index contributed by atoms with van der Waals surface area (Å²) in [6.07, 6.45) is 5.23. The fourth-order valence-electron chi connectivity index (χ4n) is 7.80. The van der Waals surface area contributed by atoms with Crippen LogP contribution in [0.4, 0.5) is 0 Å². The van der Waals surface area contributed by atoms with Gasteiger partial charge in [-0.25, -0.2) is 9.13 Å². The third-order valence-corrected chi connectivity index (χ3v) is 19.9. The topological polar surface area (TPSA) is 208 Å². The zero-order valence-electron chi connectivity index (χ0n) is 59.3. The van der Waals surface area contributed by atoms with E-state index in [0.717, 1.165) is 28.7 Å². The first kappa shape index (κ1) is 83.2. The van der Waals surface area contributed by atoms with Gasteiger partial charge in [0, 0.05) is 57.5 Å². The van der Waals surface area contributed by atoms with Gasteiger partial charge in [-0.3, -0.25) is 0 Å². The van der Waals surface area contributed by atoms with E-state index in [-0.39, 0.29) is 0 Å². The van der Waals surface area contributed by atoms with E-state index >= 15 is 0 Å². The quantitative estimate of drug-likeness (QED) is 0.117. The molecular formula is C60H107N20OS9+7. The molecule has 10 heterocycles. The average molecular weight is 1410 g/mol. The Balaban J connectivity index is 0.000000500. The Morgan fingerprint density at radius 2 is 1.09 bits per heavy atom. The molecule has 0 saturated heterocycles. The van der Waals surface area contributed by atoms with Crippen molar-refractivity contribution in [2.45, 2.75) is 218 Å². The summed E-state index contributed by atoms with van der Waals surface area (Å²) in [7, 11) is 14.0. The van der Waals surface area contributed by atoms with Crippen LogP contribution in [0.5, 0.6) is 0 Å². The summed E-state index contributed by atoms with van der Waals surface area (Å²) < 4.78 is 51.3. The summed E-state index contributed by atoms with van der Waals surface area (Å²) in [5.41, 5.74) is 12.8. The van der Waals surface area contributed by atoms with Crippen molar-refractivity contribution in [3.8, 4) is 0 Å². The van der Waals surface area contributed by atoms with Gasteiger partial charge in [0.05, 0.1) is 113 Å². The molecule has 10 aromatic rings. The number of nitrogens with zero attached hydrogens (tertiary/aromatic N) is 20. The van der Waals surface area contributed by atoms with Crippen LogP contribution in [-0.2, 0) is 49.3 Å². The molecule has 0 bridgehead atoms. The van der Waals surface area contributed by atoms with Crippen molar-refractivity contribution in [3.05, 3.63) is 112 Å². The maximum Gasteiger partial charge on any atom is 0.376 e. The lowest BCUT2D eigenvalue weighted by atomic mass is 10.1. The van der Waals surface area contributed by atoms with E-state index < -0.39 is 0 Å². The highest BCUT2D eigenvalue weighted by atomic mass is 32.1. The van der Waals surface area contributed by atoms with Crippen molar-refractivity contribution in [3.63, 3.8) is 0 Å². The highest BCUT2D eigenvalue weighted by Gasteiger charge is 2.19. The number of aryl methyl sites for hydroxylation is 10. The fourth-order valence-corrected chi connectivity index (χ4v) is 14.1. The van der Waals surface area contributed by atoms with Gasteiger partial charge in [-0.15, -0.1) is 10.2 Å². The van der Waals surface area contributed by atoms with Gasteiger partial charge >= 0.3 is 23.9 Å². The molecule has 0 N–H and O–H groups in total. The smallest absolute Gasteiger partial charge is 0.376 e. The van der Waals surface area contributed by atoms with Crippen LogP contribution >= 0.6 is 104 Å². The molecule has 90 heavy (non-hydrogen) atoms. The minimum absolute atomic E-state index is 0.414. The zero-order chi connectivity index (χ0) is 68.5. The van der Waals surface area contributed by atoms with Crippen molar-refractivity contribution in [2.24, 2.45) is 49.3 Å². The van der Waals surface area contributed by atoms with E-state index in [2.05, 4.69) is 229 Å². The van der Waals surface area contributed by atoms with Crippen molar-refractivity contribution in [1.82, 2.24) is 60.7 Å². The van der Waals surface area contributed by atoms with E-state index in [9.17, 15) is 0 Å². The Labute approximate surface area is 575 Å². The van der Waals surface area contributed by atoms with Gasteiger partial charge in [0.2, 0.25) is 16.2 Å². The molecule has 0 aromatic carbocycles. The molecule has 0 spiro atoms. The normalized spacial score (nSPS) is 10.7. The molecular weight excluding hydrogens is 1310 g/mol. The van der Waals surface area contributed by atoms with Crippen molar-refractivity contribution >= 4 is 104 Å². The molecule has 0 fully saturated rings. The van der Waals surface area contributed by atoms with Crippen LogP contribution in [0.15, 0.2) is 45.2 Å². The molecule has 0 radical (unpaired) electrons. The third kappa shape index (κ3) is 30.7. The van der Waals surface area contributed by atoms with Crippen LogP contribution in [0.2, 0.25) is 0 Å². The molecule has 10 rings (SSSR count). The standard InChI is InChI=1S/C6H11N2O.6C6H11N2S.3C6H10N2S/c1-5(2)6-8(3)7-4-9-6;1-5(2)6-7-9-4-8(6)3;1-5(2)6-8(3)7-4-9-6;1-5(2)6-8(3)4-7-9-6;1-5(2)6-7-4-9-8(6)3;1-5(2)6-4-9-7-8(6)3;1-5(2)6-4-7-9-8(6)3;1-4(2)6-5(3)9-8-7-6;1-4(2)6-5(3)7-8-9-6;1-4(2)6-5(3)7-9-8-6/h7*4-5H,1-3H3;3*4H,1-3H3/q7*+1;;;. The molecule has 0 unspecified atom stereocenters. The number of aromatic nitrogens is 20. The Morgan fingerprint density at radius 1 is 0.478 bits per heavy atom. The number of hydrogen-bond acceptors (Lipinski definition) is 23. The highest BCUT2D eigenvalue weighted by molar-refractivity contribution is 7.09. The van der Waals surface area contributed by atoms with E-state index in [1.165, 1.54) is 119 Å². The van der Waals surface area contributed by atoms with E-state index in [1.807, 2.05) is 102 Å². The Kier molecular flexibility index (Phi) is 40.6. The Hall–Kier alpha value is -4.82. The first-order valence-electron chi connectivity index (χ1n) is 30.1. The van der Waals surface area contributed by atoms with Gasteiger partial charge in [-0.2, -0.15) is 16.7 Å². The molecule has 30 heteroatoms. The minimum atomic E-state index is 0.414. The monoisotopic (exact) mass is 1410 g/mol. The molecule has 21 nitrogen and oxygen atoms in total. The molecule has 0 amide bonds. The Morgan fingerprint density at radius 3 is 1.31 bits per heavy atom. The van der Waals surface area contributed by atoms with Crippen LogP contribution in [0.25, 0.3) is 0 Å². The molecule has 0 aliphatic rings. The lowest BCUT2D eigenvalue weighted by molar-refractivity contribution is -0.739. The molecule has 0 atom stereocenters. The van der Waals surface area contributed by atoms with Crippen LogP contribution in [0.3, 0.4) is 0 Å². The lowest BCUT2D eigenvalue weighted by Crippen LogP contribution is -2.34. The van der Waals surface area contributed by atoms with Gasteiger partial charge in [0.25, 0.3) is 23.1 Å². The maximum absolute atomic E-state index is 5.08. The first-order chi connectivity index (χ1) is 42.2. The van der Waals surface area contributed by atoms with Gasteiger partial charge in [-0.1, -0.05) is 159 Å². The molecule has 500 valence electrons. The highest BCUT2D eigenvalue weighted by Crippen LogP contribution is 2.21. The minimum Gasteiger partial charge on any atom is -0.388 e. The number of rotatable bonds is 10. The SMILES string of the molecule is CC(C)c1cns[n+]1C.CC(C)c1csn[n+]1C.CC(C)c1ncs[n+]1C.CC(C)c1nsc[n+]1C.CC(C)c1ocn[n+]1C.CC(C)c1scn[n+]1C.CC(C)c1snc[n+]1C.Cc1nnsc1C(C)C.Cc1nsnc1C(C)C.Cc1snnc1C(C)C. The van der Waals surface area contributed by atoms with Crippen LogP contribution < -0.4 is 31.1 Å². The number of hydrogen-bond donors (Lipinski definition) is 0. The summed E-state index contributed by atoms with van der Waals surface area (Å²) in [4.78, 5) is 6.74. The van der Waals surface area contributed by atoms with Gasteiger partial charge in [0.1, 0.15) is 23.1 Å². The average Bonchev–Trinajstić information content (AvgIpc) is 4.32. The van der Waals surface area contributed by atoms with E-state index in [4.69, 9.17) is 4.42 Å². The van der Waals surface area contributed by atoms with Crippen molar-refractivity contribution < 1.29 is 35.5 Å². The second-order valence-electron chi connectivity index (χ2n) is 23.8. The van der Waals surface area contributed by atoms with Crippen LogP contribution in [0, 0.1) is 20.8 Å². The predicted octanol–water partition coefficient (Wildman–Crippen LogP) is 13.1. The largest absolute Gasteiger partial charge is 0.388 e. The zero-order valence-corrected chi connectivity index (χ0v) is 66.7. The second kappa shape index (κ2) is 43.9. The summed E-state index contributed by atoms with van der Waals surface area (Å²) in [6, 6.07) is 0. The van der Waals surface area contributed by atoms with Gasteiger partial charge in [0.15, 0.2) is 44.1 Å². The summed E-state index contributed by atoms with van der Waals surface area (Å²) in [5, 5.41) is 20.6. The van der Waals surface area contributed by atoms with Crippen LogP contribution in [0.1, 0.15) is 269 Å². The van der Waals surface area contributed by atoms with Gasteiger partial charge in [-0.05, 0) is 80.4 Å². The third-order valence-electron chi connectivity index (χ3n) is 12.4. The fraction of sp³-hybridized carbons (Fsp3) is 0.667. The van der Waals surface area contributed by atoms with Crippen molar-refractivity contribution in [1.29, 1.82) is 0 Å². The van der Waals surface area contributed by atoms with Gasteiger partial charge < -0.3 is 4.42 Å². The van der Waals surface area contributed by atoms with Crippen molar-refractivity contribution in [2.75, 3.05) is 0 Å². The summed E-state index contributed by atoms with van der Waals surface area (Å²) >= 11 is 13.7. The lowest BCUT2D eigenvalue weighted by Gasteiger charge is -1.97. The summed E-state index contributed by atoms with van der Waals surface area (Å²) in [6.45, 7) is 49.0.